The fraction of sp³-hybridized carbons (Fsp3) is 0.333. The van der Waals surface area contributed by atoms with Crippen LogP contribution in [0.2, 0.25) is 0 Å². The minimum atomic E-state index is -0.391. The van der Waals surface area contributed by atoms with E-state index in [1.807, 2.05) is 45.0 Å². The highest BCUT2D eigenvalue weighted by Crippen LogP contribution is 2.19. The molecule has 0 spiro atoms. The molecule has 3 rings (SSSR count). The lowest BCUT2D eigenvalue weighted by Gasteiger charge is -2.04. The minimum absolute atomic E-state index is 0.00554. The summed E-state index contributed by atoms with van der Waals surface area (Å²) in [5, 5.41) is 4.29. The third-order valence-corrected chi connectivity index (χ3v) is 5.00. The summed E-state index contributed by atoms with van der Waals surface area (Å²) in [6, 6.07) is 7.81. The van der Waals surface area contributed by atoms with Gasteiger partial charge < -0.3 is 9.30 Å². The molecule has 3 aromatic rings. The van der Waals surface area contributed by atoms with Gasteiger partial charge in [0.15, 0.2) is 4.80 Å². The summed E-state index contributed by atoms with van der Waals surface area (Å²) in [5.74, 6) is -0.712. The van der Waals surface area contributed by atoms with Gasteiger partial charge in [0.2, 0.25) is 0 Å². The van der Waals surface area contributed by atoms with Crippen molar-refractivity contribution in [2.45, 2.75) is 33.9 Å². The number of benzene rings is 1. The minimum Gasteiger partial charge on any atom is -0.468 e. The lowest BCUT2D eigenvalue weighted by atomic mass is 10.2. The van der Waals surface area contributed by atoms with Crippen molar-refractivity contribution >= 4 is 33.4 Å². The third kappa shape index (κ3) is 3.75. The van der Waals surface area contributed by atoms with Crippen LogP contribution in [0.5, 0.6) is 0 Å². The molecule has 0 unspecified atom stereocenters. The SMILES string of the molecule is COC(=O)Cn1c(=NC(=O)Cn2nc(C)cc2C)sc2cc(C)ccc21. The number of aryl methyl sites for hydroxylation is 3. The van der Waals surface area contributed by atoms with Gasteiger partial charge in [-0.2, -0.15) is 10.1 Å². The van der Waals surface area contributed by atoms with E-state index in [4.69, 9.17) is 4.74 Å². The van der Waals surface area contributed by atoms with Crippen LogP contribution < -0.4 is 4.80 Å². The van der Waals surface area contributed by atoms with Gasteiger partial charge in [-0.15, -0.1) is 0 Å². The highest BCUT2D eigenvalue weighted by Gasteiger charge is 2.13. The van der Waals surface area contributed by atoms with Crippen LogP contribution in [0, 0.1) is 20.8 Å². The van der Waals surface area contributed by atoms with E-state index < -0.39 is 5.97 Å². The van der Waals surface area contributed by atoms with Crippen LogP contribution in [-0.2, 0) is 27.4 Å². The Kier molecular flexibility index (Phi) is 5.03. The van der Waals surface area contributed by atoms with Crippen LogP contribution in [0.3, 0.4) is 0 Å². The van der Waals surface area contributed by atoms with Gasteiger partial charge in [0.05, 0.1) is 23.0 Å². The number of methoxy groups -OCH3 is 1. The van der Waals surface area contributed by atoms with E-state index in [1.54, 1.807) is 9.25 Å². The Morgan fingerprint density at radius 3 is 2.62 bits per heavy atom. The first-order chi connectivity index (χ1) is 12.4. The number of fused-ring (bicyclic) bond motifs is 1. The second kappa shape index (κ2) is 7.25. The van der Waals surface area contributed by atoms with Gasteiger partial charge in [0.1, 0.15) is 13.1 Å². The maximum atomic E-state index is 12.4. The number of rotatable bonds is 4. The number of carbonyl (C=O) groups excluding carboxylic acids is 2. The van der Waals surface area contributed by atoms with E-state index in [0.29, 0.717) is 4.80 Å². The van der Waals surface area contributed by atoms with E-state index in [2.05, 4.69) is 10.1 Å². The van der Waals surface area contributed by atoms with E-state index in [9.17, 15) is 9.59 Å². The quantitative estimate of drug-likeness (QED) is 0.657. The molecule has 0 aliphatic heterocycles. The summed E-state index contributed by atoms with van der Waals surface area (Å²) in [4.78, 5) is 28.9. The summed E-state index contributed by atoms with van der Waals surface area (Å²) in [6.07, 6.45) is 0. The van der Waals surface area contributed by atoms with Crippen LogP contribution in [0.25, 0.3) is 10.2 Å². The molecule has 0 saturated carbocycles. The van der Waals surface area contributed by atoms with Crippen molar-refractivity contribution in [1.29, 1.82) is 0 Å². The molecule has 0 atom stereocenters. The molecule has 26 heavy (non-hydrogen) atoms. The zero-order valence-electron chi connectivity index (χ0n) is 15.1. The third-order valence-electron chi connectivity index (χ3n) is 3.96. The summed E-state index contributed by atoms with van der Waals surface area (Å²) in [7, 11) is 1.34. The van der Waals surface area contributed by atoms with Crippen molar-refractivity contribution in [3.05, 3.63) is 46.0 Å². The molecular weight excluding hydrogens is 352 g/mol. The fourth-order valence-electron chi connectivity index (χ4n) is 2.72. The number of esters is 1. The molecule has 0 saturated heterocycles. The Labute approximate surface area is 154 Å². The molecule has 7 nitrogen and oxygen atoms in total. The van der Waals surface area contributed by atoms with Crippen molar-refractivity contribution in [3.8, 4) is 0 Å². The van der Waals surface area contributed by atoms with Gasteiger partial charge in [-0.05, 0) is 44.5 Å². The molecule has 1 aromatic carbocycles. The van der Waals surface area contributed by atoms with Crippen molar-refractivity contribution in [2.75, 3.05) is 7.11 Å². The monoisotopic (exact) mass is 372 g/mol. The number of amides is 1. The first-order valence-electron chi connectivity index (χ1n) is 8.13. The average molecular weight is 372 g/mol. The normalized spacial score (nSPS) is 11.9. The van der Waals surface area contributed by atoms with Gasteiger partial charge in [-0.1, -0.05) is 17.4 Å². The largest absolute Gasteiger partial charge is 0.468 e. The van der Waals surface area contributed by atoms with Crippen LogP contribution in [0.1, 0.15) is 17.0 Å². The molecule has 1 amide bonds. The van der Waals surface area contributed by atoms with Crippen molar-refractivity contribution in [3.63, 3.8) is 0 Å². The second-order valence-electron chi connectivity index (χ2n) is 6.11. The number of aromatic nitrogens is 3. The molecule has 0 aliphatic rings. The predicted molar refractivity (Wildman–Crippen MR) is 98.8 cm³/mol. The van der Waals surface area contributed by atoms with Gasteiger partial charge in [0, 0.05) is 5.69 Å². The van der Waals surface area contributed by atoms with E-state index >= 15 is 0 Å². The molecular formula is C18H20N4O3S. The first kappa shape index (κ1) is 18.1. The maximum Gasteiger partial charge on any atom is 0.325 e. The zero-order valence-corrected chi connectivity index (χ0v) is 16.0. The zero-order chi connectivity index (χ0) is 18.8. The van der Waals surface area contributed by atoms with Crippen LogP contribution in [-0.4, -0.2) is 33.3 Å². The van der Waals surface area contributed by atoms with Crippen molar-refractivity contribution in [1.82, 2.24) is 14.3 Å². The predicted octanol–water partition coefficient (Wildman–Crippen LogP) is 2.13. The van der Waals surface area contributed by atoms with Crippen molar-refractivity contribution < 1.29 is 14.3 Å². The Morgan fingerprint density at radius 1 is 1.19 bits per heavy atom. The average Bonchev–Trinajstić information content (AvgIpc) is 3.06. The molecule has 136 valence electrons. The van der Waals surface area contributed by atoms with Crippen molar-refractivity contribution in [2.24, 2.45) is 4.99 Å². The number of nitrogens with zero attached hydrogens (tertiary/aromatic N) is 4. The van der Waals surface area contributed by atoms with E-state index in [1.165, 1.54) is 18.4 Å². The smallest absolute Gasteiger partial charge is 0.325 e. The van der Waals surface area contributed by atoms with Gasteiger partial charge >= 0.3 is 5.97 Å². The van der Waals surface area contributed by atoms with Gasteiger partial charge in [-0.3, -0.25) is 14.3 Å². The van der Waals surface area contributed by atoms with E-state index in [0.717, 1.165) is 27.2 Å². The molecule has 0 N–H and O–H groups in total. The molecule has 0 aliphatic carbocycles. The Balaban J connectivity index is 2.02. The van der Waals surface area contributed by atoms with Crippen LogP contribution >= 0.6 is 11.3 Å². The van der Waals surface area contributed by atoms with Gasteiger partial charge in [0.25, 0.3) is 5.91 Å². The number of hydrogen-bond acceptors (Lipinski definition) is 5. The number of thiazole rings is 1. The maximum absolute atomic E-state index is 12.4. The Morgan fingerprint density at radius 2 is 1.96 bits per heavy atom. The topological polar surface area (TPSA) is 78.5 Å². The number of carbonyl (C=O) groups is 2. The lowest BCUT2D eigenvalue weighted by Crippen LogP contribution is -2.23. The molecule has 2 aromatic heterocycles. The Bertz CT molecular complexity index is 1060. The summed E-state index contributed by atoms with van der Waals surface area (Å²) in [6.45, 7) is 5.84. The summed E-state index contributed by atoms with van der Waals surface area (Å²) in [5.41, 5.74) is 3.71. The molecule has 0 bridgehead atoms. The molecule has 8 heteroatoms. The van der Waals surface area contributed by atoms with Crippen LogP contribution in [0.15, 0.2) is 29.3 Å². The lowest BCUT2D eigenvalue weighted by molar-refractivity contribution is -0.141. The fourth-order valence-corrected chi connectivity index (χ4v) is 3.86. The van der Waals surface area contributed by atoms with E-state index in [-0.39, 0.29) is 19.0 Å². The summed E-state index contributed by atoms with van der Waals surface area (Å²) >= 11 is 1.38. The summed E-state index contributed by atoms with van der Waals surface area (Å²) < 4.78 is 9.08. The standard InChI is InChI=1S/C18H20N4O3S/c1-11-5-6-14-15(7-11)26-18(21(14)10-17(24)25-4)19-16(23)9-22-13(3)8-12(2)20-22/h5-8H,9-10H2,1-4H3. The number of hydrogen-bond donors (Lipinski definition) is 0. The highest BCUT2D eigenvalue weighted by molar-refractivity contribution is 7.16. The Hall–Kier alpha value is -2.74. The molecule has 0 fully saturated rings. The first-order valence-corrected chi connectivity index (χ1v) is 8.94. The molecule has 0 radical (unpaired) electrons. The second-order valence-corrected chi connectivity index (χ2v) is 7.12. The highest BCUT2D eigenvalue weighted by atomic mass is 32.1. The van der Waals surface area contributed by atoms with Crippen LogP contribution in [0.4, 0.5) is 0 Å². The molecule has 2 heterocycles. The van der Waals surface area contributed by atoms with Gasteiger partial charge in [-0.25, -0.2) is 0 Å². The number of ether oxygens (including phenoxy) is 1.